The lowest BCUT2D eigenvalue weighted by molar-refractivity contribution is 0.102. The number of nitrogens with one attached hydrogen (secondary N) is 1. The van der Waals surface area contributed by atoms with Crippen LogP contribution in [0.25, 0.3) is 0 Å². The van der Waals surface area contributed by atoms with Gasteiger partial charge in [-0.25, -0.2) is 0 Å². The van der Waals surface area contributed by atoms with Crippen molar-refractivity contribution in [2.24, 2.45) is 0 Å². The molecule has 5 heteroatoms. The average molecular weight is 330 g/mol. The molecule has 1 aliphatic rings. The lowest BCUT2D eigenvalue weighted by atomic mass is 10.2. The van der Waals surface area contributed by atoms with Crippen molar-refractivity contribution < 1.29 is 4.79 Å². The van der Waals surface area contributed by atoms with Crippen LogP contribution in [0.5, 0.6) is 0 Å². The Morgan fingerprint density at radius 1 is 1.04 bits per heavy atom. The second-order valence-electron chi connectivity index (χ2n) is 5.77. The van der Waals surface area contributed by atoms with Gasteiger partial charge in [0, 0.05) is 36.8 Å². The van der Waals surface area contributed by atoms with E-state index in [0.717, 1.165) is 37.6 Å². The Kier molecular flexibility index (Phi) is 4.84. The van der Waals surface area contributed by atoms with Gasteiger partial charge in [-0.1, -0.05) is 29.8 Å². The number of likely N-dealkylation sites (N-methyl/N-ethyl adjacent to an activating group) is 1. The number of carbonyl (C=O) groups excluding carboxylic acids is 1. The van der Waals surface area contributed by atoms with Crippen LogP contribution in [0.2, 0.25) is 5.02 Å². The molecule has 1 heterocycles. The van der Waals surface area contributed by atoms with Crippen LogP contribution in [-0.4, -0.2) is 44.0 Å². The fraction of sp³-hybridized carbons (Fsp3) is 0.278. The van der Waals surface area contributed by atoms with Crippen LogP contribution >= 0.6 is 11.6 Å². The third-order valence-corrected chi connectivity index (χ3v) is 4.32. The summed E-state index contributed by atoms with van der Waals surface area (Å²) in [6, 6.07) is 14.9. The van der Waals surface area contributed by atoms with Crippen molar-refractivity contribution in [3.05, 3.63) is 59.1 Å². The molecular formula is C18H20ClN3O. The van der Waals surface area contributed by atoms with Crippen molar-refractivity contribution in [3.63, 3.8) is 0 Å². The Bertz CT molecular complexity index is 682. The van der Waals surface area contributed by atoms with E-state index in [9.17, 15) is 4.79 Å². The van der Waals surface area contributed by atoms with Crippen molar-refractivity contribution in [2.45, 2.75) is 0 Å². The molecule has 1 amide bonds. The molecular weight excluding hydrogens is 310 g/mol. The van der Waals surface area contributed by atoms with Crippen molar-refractivity contribution in [1.82, 2.24) is 4.90 Å². The van der Waals surface area contributed by atoms with Crippen LogP contribution < -0.4 is 10.2 Å². The first-order chi connectivity index (χ1) is 11.1. The van der Waals surface area contributed by atoms with E-state index in [-0.39, 0.29) is 5.91 Å². The van der Waals surface area contributed by atoms with Gasteiger partial charge in [0.1, 0.15) is 0 Å². The number of rotatable bonds is 3. The molecule has 0 aromatic heterocycles. The van der Waals surface area contributed by atoms with Crippen molar-refractivity contribution >= 4 is 28.9 Å². The number of amides is 1. The molecule has 2 aromatic rings. The summed E-state index contributed by atoms with van der Waals surface area (Å²) >= 11 is 6.13. The van der Waals surface area contributed by atoms with E-state index in [2.05, 4.69) is 22.2 Å². The zero-order chi connectivity index (χ0) is 16.2. The maximum Gasteiger partial charge on any atom is 0.255 e. The van der Waals surface area contributed by atoms with E-state index in [4.69, 9.17) is 11.6 Å². The van der Waals surface area contributed by atoms with E-state index in [1.54, 1.807) is 12.1 Å². The maximum absolute atomic E-state index is 12.4. The molecule has 1 aliphatic heterocycles. The Labute approximate surface area is 141 Å². The zero-order valence-corrected chi connectivity index (χ0v) is 13.9. The van der Waals surface area contributed by atoms with Gasteiger partial charge in [0.15, 0.2) is 0 Å². The number of carbonyl (C=O) groups is 1. The number of benzene rings is 2. The van der Waals surface area contributed by atoms with Gasteiger partial charge in [0.2, 0.25) is 0 Å². The van der Waals surface area contributed by atoms with Gasteiger partial charge in [-0.2, -0.15) is 0 Å². The molecule has 120 valence electrons. The molecule has 1 fully saturated rings. The number of piperazine rings is 1. The molecule has 0 spiro atoms. The highest BCUT2D eigenvalue weighted by Gasteiger charge is 2.18. The lowest BCUT2D eigenvalue weighted by Gasteiger charge is -2.35. The summed E-state index contributed by atoms with van der Waals surface area (Å²) in [5, 5.41) is 3.61. The third kappa shape index (κ3) is 3.84. The van der Waals surface area contributed by atoms with Crippen molar-refractivity contribution in [3.8, 4) is 0 Å². The molecule has 0 saturated carbocycles. The minimum atomic E-state index is -0.122. The third-order valence-electron chi connectivity index (χ3n) is 4.09. The molecule has 1 N–H and O–H groups in total. The molecule has 1 saturated heterocycles. The van der Waals surface area contributed by atoms with Crippen LogP contribution in [0.3, 0.4) is 0 Å². The SMILES string of the molecule is CN1CCN(c2ccc(Cl)cc2NC(=O)c2ccccc2)CC1. The van der Waals surface area contributed by atoms with E-state index >= 15 is 0 Å². The summed E-state index contributed by atoms with van der Waals surface area (Å²) in [4.78, 5) is 17.0. The van der Waals surface area contributed by atoms with Gasteiger partial charge >= 0.3 is 0 Å². The molecule has 0 bridgehead atoms. The van der Waals surface area contributed by atoms with Crippen LogP contribution in [0.15, 0.2) is 48.5 Å². The van der Waals surface area contributed by atoms with Gasteiger partial charge in [-0.05, 0) is 37.4 Å². The van der Waals surface area contributed by atoms with E-state index in [0.29, 0.717) is 10.6 Å². The number of hydrogen-bond acceptors (Lipinski definition) is 3. The number of nitrogens with zero attached hydrogens (tertiary/aromatic N) is 2. The molecule has 0 unspecified atom stereocenters. The van der Waals surface area contributed by atoms with Gasteiger partial charge < -0.3 is 15.1 Å². The van der Waals surface area contributed by atoms with E-state index in [1.807, 2.05) is 36.4 Å². The maximum atomic E-state index is 12.4. The molecule has 0 radical (unpaired) electrons. The molecule has 3 rings (SSSR count). The molecule has 4 nitrogen and oxygen atoms in total. The summed E-state index contributed by atoms with van der Waals surface area (Å²) in [6.45, 7) is 3.89. The Hall–Kier alpha value is -2.04. The van der Waals surface area contributed by atoms with E-state index < -0.39 is 0 Å². The summed E-state index contributed by atoms with van der Waals surface area (Å²) in [7, 11) is 2.12. The zero-order valence-electron chi connectivity index (χ0n) is 13.1. The average Bonchev–Trinajstić information content (AvgIpc) is 2.57. The quantitative estimate of drug-likeness (QED) is 0.938. The van der Waals surface area contributed by atoms with Crippen LogP contribution in [0.4, 0.5) is 11.4 Å². The molecule has 2 aromatic carbocycles. The summed E-state index contributed by atoms with van der Waals surface area (Å²) < 4.78 is 0. The smallest absolute Gasteiger partial charge is 0.255 e. The normalized spacial score (nSPS) is 15.5. The molecule has 0 aliphatic carbocycles. The first-order valence-electron chi connectivity index (χ1n) is 7.73. The van der Waals surface area contributed by atoms with Crippen molar-refractivity contribution in [1.29, 1.82) is 0 Å². The second-order valence-corrected chi connectivity index (χ2v) is 6.21. The number of halogens is 1. The highest BCUT2D eigenvalue weighted by molar-refractivity contribution is 6.31. The lowest BCUT2D eigenvalue weighted by Crippen LogP contribution is -2.44. The highest BCUT2D eigenvalue weighted by atomic mass is 35.5. The minimum absolute atomic E-state index is 0.122. The largest absolute Gasteiger partial charge is 0.367 e. The molecule has 0 atom stereocenters. The Balaban J connectivity index is 1.83. The minimum Gasteiger partial charge on any atom is -0.367 e. The predicted octanol–water partition coefficient (Wildman–Crippen LogP) is 3.34. The highest BCUT2D eigenvalue weighted by Crippen LogP contribution is 2.30. The molecule has 23 heavy (non-hydrogen) atoms. The van der Waals surface area contributed by atoms with Gasteiger partial charge in [-0.15, -0.1) is 0 Å². The summed E-state index contributed by atoms with van der Waals surface area (Å²) in [5.74, 6) is -0.122. The van der Waals surface area contributed by atoms with Crippen LogP contribution in [0.1, 0.15) is 10.4 Å². The van der Waals surface area contributed by atoms with Gasteiger partial charge in [-0.3, -0.25) is 4.79 Å². The summed E-state index contributed by atoms with van der Waals surface area (Å²) in [5.41, 5.74) is 2.42. The summed E-state index contributed by atoms with van der Waals surface area (Å²) in [6.07, 6.45) is 0. The Morgan fingerprint density at radius 3 is 2.43 bits per heavy atom. The van der Waals surface area contributed by atoms with Crippen molar-refractivity contribution in [2.75, 3.05) is 43.4 Å². The number of anilines is 2. The topological polar surface area (TPSA) is 35.6 Å². The van der Waals surface area contributed by atoms with E-state index in [1.165, 1.54) is 0 Å². The standard InChI is InChI=1S/C18H20ClN3O/c1-21-9-11-22(12-10-21)17-8-7-15(19)13-16(17)20-18(23)14-5-3-2-4-6-14/h2-8,13H,9-12H2,1H3,(H,20,23). The fourth-order valence-electron chi connectivity index (χ4n) is 2.72. The van der Waals surface area contributed by atoms with Gasteiger partial charge in [0.25, 0.3) is 5.91 Å². The second kappa shape index (κ2) is 7.02. The Morgan fingerprint density at radius 2 is 1.74 bits per heavy atom. The number of hydrogen-bond donors (Lipinski definition) is 1. The van der Waals surface area contributed by atoms with Crippen LogP contribution in [-0.2, 0) is 0 Å². The first-order valence-corrected chi connectivity index (χ1v) is 8.11. The predicted molar refractivity (Wildman–Crippen MR) is 95.6 cm³/mol. The monoisotopic (exact) mass is 329 g/mol. The van der Waals surface area contributed by atoms with Gasteiger partial charge in [0.05, 0.1) is 11.4 Å². The fourth-order valence-corrected chi connectivity index (χ4v) is 2.89. The van der Waals surface area contributed by atoms with Crippen LogP contribution in [0, 0.1) is 0 Å². The first kappa shape index (κ1) is 15.8.